The lowest BCUT2D eigenvalue weighted by Crippen LogP contribution is -2.42. The van der Waals surface area contributed by atoms with E-state index in [1.54, 1.807) is 7.11 Å². The Hall–Kier alpha value is -2.54. The first-order valence-corrected chi connectivity index (χ1v) is 11.4. The zero-order chi connectivity index (χ0) is 23.3. The van der Waals surface area contributed by atoms with Crippen molar-refractivity contribution in [1.82, 2.24) is 0 Å². The molecule has 1 aliphatic heterocycles. The lowest BCUT2D eigenvalue weighted by atomic mass is 9.80. The maximum absolute atomic E-state index is 10.5. The van der Waals surface area contributed by atoms with E-state index in [0.29, 0.717) is 0 Å². The number of hydrogen-bond acceptors (Lipinski definition) is 5. The van der Waals surface area contributed by atoms with Gasteiger partial charge in [0.25, 0.3) is 0 Å². The molecule has 0 bridgehead atoms. The standard InChI is InChI=1S/C28H32O5/c1-20(2)32-26-25(30-3)24(33-27(26)29)19-31-28(21-13-7-4-8-14-21,22-15-9-5-10-16-22)23-17-11-6-12-18-23/h4-18,20,24-27,29H,19H2,1-3H3/t24-,25+,26-,27+/m1/s1. The fourth-order valence-corrected chi connectivity index (χ4v) is 4.56. The molecule has 1 saturated heterocycles. The van der Waals surface area contributed by atoms with Crippen molar-refractivity contribution in [2.45, 2.75) is 50.2 Å². The summed E-state index contributed by atoms with van der Waals surface area (Å²) in [6.45, 7) is 4.05. The van der Waals surface area contributed by atoms with Crippen LogP contribution in [0.1, 0.15) is 30.5 Å². The van der Waals surface area contributed by atoms with Crippen LogP contribution in [0.15, 0.2) is 91.0 Å². The normalized spacial score (nSPS) is 23.2. The molecule has 0 aromatic heterocycles. The van der Waals surface area contributed by atoms with E-state index < -0.39 is 30.2 Å². The van der Waals surface area contributed by atoms with Gasteiger partial charge in [-0.2, -0.15) is 0 Å². The zero-order valence-electron chi connectivity index (χ0n) is 19.3. The van der Waals surface area contributed by atoms with Crippen LogP contribution < -0.4 is 0 Å². The largest absolute Gasteiger partial charge is 0.376 e. The summed E-state index contributed by atoms with van der Waals surface area (Å²) in [5.41, 5.74) is 2.15. The molecule has 174 valence electrons. The van der Waals surface area contributed by atoms with Gasteiger partial charge in [-0.1, -0.05) is 91.0 Å². The van der Waals surface area contributed by atoms with Crippen molar-refractivity contribution in [2.75, 3.05) is 13.7 Å². The van der Waals surface area contributed by atoms with Crippen LogP contribution in [-0.2, 0) is 24.5 Å². The first-order chi connectivity index (χ1) is 16.1. The van der Waals surface area contributed by atoms with Crippen LogP contribution >= 0.6 is 0 Å². The summed E-state index contributed by atoms with van der Waals surface area (Å²) in [5, 5.41) is 10.5. The maximum atomic E-state index is 10.5. The lowest BCUT2D eigenvalue weighted by Gasteiger charge is -2.37. The Morgan fingerprint density at radius 1 is 0.788 bits per heavy atom. The third-order valence-electron chi connectivity index (χ3n) is 5.99. The van der Waals surface area contributed by atoms with E-state index in [4.69, 9.17) is 18.9 Å². The SMILES string of the molecule is CO[C@@H]1[C@@H](OC(C)C)[C@@H](O)O[C@@H]1COC(c1ccccc1)(c1ccccc1)c1ccccc1. The number of rotatable bonds is 9. The summed E-state index contributed by atoms with van der Waals surface area (Å²) in [5.74, 6) is 0. The molecule has 1 aliphatic rings. The highest BCUT2D eigenvalue weighted by Crippen LogP contribution is 2.41. The van der Waals surface area contributed by atoms with Gasteiger partial charge in [-0.15, -0.1) is 0 Å². The van der Waals surface area contributed by atoms with E-state index in [9.17, 15) is 5.11 Å². The molecule has 5 nitrogen and oxygen atoms in total. The van der Waals surface area contributed by atoms with Gasteiger partial charge < -0.3 is 24.1 Å². The van der Waals surface area contributed by atoms with Crippen LogP contribution in [0.5, 0.6) is 0 Å². The van der Waals surface area contributed by atoms with Gasteiger partial charge in [0.15, 0.2) is 6.29 Å². The molecule has 0 saturated carbocycles. The Kier molecular flexibility index (Phi) is 7.58. The molecule has 4 rings (SSSR count). The van der Waals surface area contributed by atoms with Crippen molar-refractivity contribution in [1.29, 1.82) is 0 Å². The van der Waals surface area contributed by atoms with Crippen LogP contribution in [0.3, 0.4) is 0 Å². The number of aliphatic hydroxyl groups excluding tert-OH is 1. The van der Waals surface area contributed by atoms with Gasteiger partial charge in [0.05, 0.1) is 12.7 Å². The highest BCUT2D eigenvalue weighted by Gasteiger charge is 2.47. The van der Waals surface area contributed by atoms with E-state index in [1.807, 2.05) is 68.4 Å². The molecule has 0 amide bonds. The number of ether oxygens (including phenoxy) is 4. The molecule has 0 spiro atoms. The first-order valence-electron chi connectivity index (χ1n) is 11.4. The number of benzene rings is 3. The quantitative estimate of drug-likeness (QED) is 0.488. The predicted molar refractivity (Wildman–Crippen MR) is 127 cm³/mol. The lowest BCUT2D eigenvalue weighted by molar-refractivity contribution is -0.162. The summed E-state index contributed by atoms with van der Waals surface area (Å²) in [6, 6.07) is 30.5. The molecule has 3 aromatic carbocycles. The average molecular weight is 449 g/mol. The van der Waals surface area contributed by atoms with Crippen molar-refractivity contribution in [3.8, 4) is 0 Å². The molecule has 0 radical (unpaired) electrons. The average Bonchev–Trinajstić information content (AvgIpc) is 3.15. The molecule has 5 heteroatoms. The van der Waals surface area contributed by atoms with E-state index in [0.717, 1.165) is 16.7 Å². The zero-order valence-corrected chi connectivity index (χ0v) is 19.3. The molecule has 0 unspecified atom stereocenters. The summed E-state index contributed by atoms with van der Waals surface area (Å²) in [4.78, 5) is 0. The monoisotopic (exact) mass is 448 g/mol. The van der Waals surface area contributed by atoms with Crippen molar-refractivity contribution >= 4 is 0 Å². The smallest absolute Gasteiger partial charge is 0.184 e. The van der Waals surface area contributed by atoms with Crippen molar-refractivity contribution in [3.05, 3.63) is 108 Å². The maximum Gasteiger partial charge on any atom is 0.184 e. The summed E-state index contributed by atoms with van der Waals surface area (Å²) in [6.07, 6.45) is -2.68. The van der Waals surface area contributed by atoms with Crippen molar-refractivity contribution in [3.63, 3.8) is 0 Å². The molecular weight excluding hydrogens is 416 g/mol. The van der Waals surface area contributed by atoms with E-state index in [-0.39, 0.29) is 12.7 Å². The van der Waals surface area contributed by atoms with Crippen molar-refractivity contribution < 1.29 is 24.1 Å². The topological polar surface area (TPSA) is 57.2 Å². The van der Waals surface area contributed by atoms with Crippen LogP contribution in [-0.4, -0.2) is 49.5 Å². The highest BCUT2D eigenvalue weighted by atomic mass is 16.7. The Morgan fingerprint density at radius 2 is 1.24 bits per heavy atom. The van der Waals surface area contributed by atoms with Gasteiger partial charge in [0.2, 0.25) is 0 Å². The number of aliphatic hydroxyl groups is 1. The van der Waals surface area contributed by atoms with Gasteiger partial charge >= 0.3 is 0 Å². The third-order valence-corrected chi connectivity index (χ3v) is 5.99. The molecule has 4 atom stereocenters. The molecule has 0 aliphatic carbocycles. The third kappa shape index (κ3) is 4.88. The van der Waals surface area contributed by atoms with Gasteiger partial charge in [-0.3, -0.25) is 0 Å². The molecular formula is C28H32O5. The van der Waals surface area contributed by atoms with E-state index >= 15 is 0 Å². The number of hydrogen-bond donors (Lipinski definition) is 1. The molecule has 1 fully saturated rings. The van der Waals surface area contributed by atoms with Gasteiger partial charge in [-0.25, -0.2) is 0 Å². The second-order valence-corrected chi connectivity index (χ2v) is 8.51. The summed E-state index contributed by atoms with van der Waals surface area (Å²) >= 11 is 0. The van der Waals surface area contributed by atoms with Gasteiger partial charge in [0.1, 0.15) is 23.9 Å². The minimum Gasteiger partial charge on any atom is -0.376 e. The van der Waals surface area contributed by atoms with Crippen LogP contribution in [0.4, 0.5) is 0 Å². The second kappa shape index (κ2) is 10.6. The Bertz CT molecular complexity index is 880. The molecule has 33 heavy (non-hydrogen) atoms. The molecule has 1 N–H and O–H groups in total. The fraction of sp³-hybridized carbons (Fsp3) is 0.357. The summed E-state index contributed by atoms with van der Waals surface area (Å²) in [7, 11) is 1.61. The fourth-order valence-electron chi connectivity index (χ4n) is 4.56. The van der Waals surface area contributed by atoms with Crippen LogP contribution in [0.25, 0.3) is 0 Å². The van der Waals surface area contributed by atoms with E-state index in [1.165, 1.54) is 0 Å². The van der Waals surface area contributed by atoms with E-state index in [2.05, 4.69) is 36.4 Å². The predicted octanol–water partition coefficient (Wildman–Crippen LogP) is 4.52. The Morgan fingerprint density at radius 3 is 1.64 bits per heavy atom. The van der Waals surface area contributed by atoms with Crippen LogP contribution in [0, 0.1) is 0 Å². The summed E-state index contributed by atoms with van der Waals surface area (Å²) < 4.78 is 24.3. The Balaban J connectivity index is 1.74. The molecule has 1 heterocycles. The van der Waals surface area contributed by atoms with Gasteiger partial charge in [0, 0.05) is 7.11 Å². The minimum absolute atomic E-state index is 0.0670. The Labute approximate surface area is 195 Å². The minimum atomic E-state index is -1.08. The second-order valence-electron chi connectivity index (χ2n) is 8.51. The first kappa shape index (κ1) is 23.6. The number of methoxy groups -OCH3 is 1. The van der Waals surface area contributed by atoms with Crippen molar-refractivity contribution in [2.24, 2.45) is 0 Å². The highest BCUT2D eigenvalue weighted by molar-refractivity contribution is 5.47. The van der Waals surface area contributed by atoms with Gasteiger partial charge in [-0.05, 0) is 30.5 Å². The van der Waals surface area contributed by atoms with Crippen LogP contribution in [0.2, 0.25) is 0 Å². The molecule has 3 aromatic rings.